The van der Waals surface area contributed by atoms with Gasteiger partial charge in [-0.25, -0.2) is 0 Å². The molecular formula is C15H21NO3. The lowest BCUT2D eigenvalue weighted by Crippen LogP contribution is -2.12. The van der Waals surface area contributed by atoms with E-state index in [4.69, 9.17) is 9.47 Å². The fourth-order valence-electron chi connectivity index (χ4n) is 2.27. The van der Waals surface area contributed by atoms with Crippen molar-refractivity contribution in [3.63, 3.8) is 0 Å². The van der Waals surface area contributed by atoms with Crippen LogP contribution in [0.5, 0.6) is 0 Å². The molecule has 4 heteroatoms. The van der Waals surface area contributed by atoms with Gasteiger partial charge in [0, 0.05) is 19.2 Å². The summed E-state index contributed by atoms with van der Waals surface area (Å²) in [6.07, 6.45) is 1.95. The van der Waals surface area contributed by atoms with Gasteiger partial charge >= 0.3 is 0 Å². The Morgan fingerprint density at radius 1 is 1.16 bits per heavy atom. The molecule has 104 valence electrons. The minimum Gasteiger partial charge on any atom is -0.379 e. The number of carbonyl (C=O) groups is 1. The number of hydrogen-bond donors (Lipinski definition) is 1. The van der Waals surface area contributed by atoms with Crippen LogP contribution in [0.3, 0.4) is 0 Å². The number of carbonyl (C=O) groups excluding carboxylic acids is 1. The molecule has 0 saturated heterocycles. The van der Waals surface area contributed by atoms with Crippen molar-refractivity contribution in [3.05, 3.63) is 28.8 Å². The quantitative estimate of drug-likeness (QED) is 0.846. The first-order valence-electron chi connectivity index (χ1n) is 6.72. The van der Waals surface area contributed by atoms with Crippen molar-refractivity contribution in [2.75, 3.05) is 25.1 Å². The molecule has 1 N–H and O–H groups in total. The van der Waals surface area contributed by atoms with Gasteiger partial charge in [0.1, 0.15) is 0 Å². The fourth-order valence-corrected chi connectivity index (χ4v) is 2.27. The smallest absolute Gasteiger partial charge is 0.221 e. The zero-order valence-electron chi connectivity index (χ0n) is 11.6. The molecule has 0 fully saturated rings. The Hall–Kier alpha value is -1.39. The zero-order chi connectivity index (χ0) is 13.7. The summed E-state index contributed by atoms with van der Waals surface area (Å²) < 4.78 is 11.0. The van der Waals surface area contributed by atoms with E-state index in [0.29, 0.717) is 19.8 Å². The summed E-state index contributed by atoms with van der Waals surface area (Å²) in [6, 6.07) is 4.18. The predicted octanol–water partition coefficient (Wildman–Crippen LogP) is 2.43. The minimum atomic E-state index is -0.0394. The van der Waals surface area contributed by atoms with Gasteiger partial charge in [-0.15, -0.1) is 0 Å². The van der Waals surface area contributed by atoms with Crippen LogP contribution in [0.1, 0.15) is 30.0 Å². The fraction of sp³-hybridized carbons (Fsp3) is 0.533. The van der Waals surface area contributed by atoms with Crippen LogP contribution in [0.2, 0.25) is 0 Å². The summed E-state index contributed by atoms with van der Waals surface area (Å²) in [5.74, 6) is -0.0394. The summed E-state index contributed by atoms with van der Waals surface area (Å²) in [5.41, 5.74) is 4.42. The van der Waals surface area contributed by atoms with Gasteiger partial charge in [0.25, 0.3) is 0 Å². The summed E-state index contributed by atoms with van der Waals surface area (Å²) in [5, 5.41) is 2.88. The third-order valence-corrected chi connectivity index (χ3v) is 3.22. The number of fused-ring (bicyclic) bond motifs is 1. The van der Waals surface area contributed by atoms with Crippen LogP contribution in [0.25, 0.3) is 0 Å². The maximum atomic E-state index is 11.2. The molecule has 0 aliphatic carbocycles. The van der Waals surface area contributed by atoms with Crippen LogP contribution >= 0.6 is 0 Å². The number of benzene rings is 1. The highest BCUT2D eigenvalue weighted by Crippen LogP contribution is 2.23. The van der Waals surface area contributed by atoms with E-state index in [2.05, 4.69) is 17.4 Å². The van der Waals surface area contributed by atoms with Crippen LogP contribution in [0, 0.1) is 6.92 Å². The highest BCUT2D eigenvalue weighted by molar-refractivity contribution is 5.89. The van der Waals surface area contributed by atoms with E-state index in [0.717, 1.165) is 30.7 Å². The first-order valence-corrected chi connectivity index (χ1v) is 6.72. The molecular weight excluding hydrogens is 242 g/mol. The van der Waals surface area contributed by atoms with E-state index in [1.165, 1.54) is 18.1 Å². The second-order valence-electron chi connectivity index (χ2n) is 4.89. The van der Waals surface area contributed by atoms with E-state index >= 15 is 0 Å². The lowest BCUT2D eigenvalue weighted by atomic mass is 9.99. The number of aryl methyl sites for hydroxylation is 2. The topological polar surface area (TPSA) is 47.6 Å². The number of rotatable bonds is 1. The molecule has 0 bridgehead atoms. The van der Waals surface area contributed by atoms with Crippen molar-refractivity contribution in [2.24, 2.45) is 0 Å². The number of amides is 1. The van der Waals surface area contributed by atoms with Crippen LogP contribution in [0.4, 0.5) is 5.69 Å². The Bertz CT molecular complexity index is 457. The Morgan fingerprint density at radius 3 is 2.74 bits per heavy atom. The van der Waals surface area contributed by atoms with Gasteiger partial charge in [-0.05, 0) is 42.5 Å². The van der Waals surface area contributed by atoms with Gasteiger partial charge in [-0.1, -0.05) is 6.07 Å². The number of hydrogen-bond acceptors (Lipinski definition) is 3. The molecule has 4 nitrogen and oxygen atoms in total. The van der Waals surface area contributed by atoms with E-state index in [-0.39, 0.29) is 5.91 Å². The second kappa shape index (κ2) is 6.68. The summed E-state index contributed by atoms with van der Waals surface area (Å²) in [6.45, 7) is 6.20. The van der Waals surface area contributed by atoms with Crippen molar-refractivity contribution in [2.45, 2.75) is 33.3 Å². The summed E-state index contributed by atoms with van der Waals surface area (Å²) in [4.78, 5) is 11.2. The first kappa shape index (κ1) is 14.0. The van der Waals surface area contributed by atoms with Crippen LogP contribution in [-0.4, -0.2) is 25.7 Å². The molecule has 1 amide bonds. The number of nitrogens with one attached hydrogen (secondary N) is 1. The molecule has 1 aliphatic heterocycles. The van der Waals surface area contributed by atoms with Gasteiger partial charge in [0.15, 0.2) is 0 Å². The third-order valence-electron chi connectivity index (χ3n) is 3.22. The average molecular weight is 263 g/mol. The van der Waals surface area contributed by atoms with E-state index in [1.54, 1.807) is 0 Å². The maximum Gasteiger partial charge on any atom is 0.221 e. The Balaban J connectivity index is 2.25. The van der Waals surface area contributed by atoms with Gasteiger partial charge in [0.05, 0.1) is 19.8 Å². The largest absolute Gasteiger partial charge is 0.379 e. The molecule has 1 aromatic carbocycles. The van der Waals surface area contributed by atoms with Gasteiger partial charge in [-0.3, -0.25) is 4.79 Å². The molecule has 0 radical (unpaired) electrons. The zero-order valence-corrected chi connectivity index (χ0v) is 11.6. The summed E-state index contributed by atoms with van der Waals surface area (Å²) >= 11 is 0. The Kier molecular flexibility index (Phi) is 4.93. The highest BCUT2D eigenvalue weighted by atomic mass is 16.5. The molecule has 19 heavy (non-hydrogen) atoms. The van der Waals surface area contributed by atoms with Crippen molar-refractivity contribution in [1.29, 1.82) is 0 Å². The van der Waals surface area contributed by atoms with Crippen LogP contribution in [-0.2, 0) is 27.3 Å². The lowest BCUT2D eigenvalue weighted by molar-refractivity contribution is -0.114. The van der Waals surface area contributed by atoms with Gasteiger partial charge in [0.2, 0.25) is 5.91 Å². The van der Waals surface area contributed by atoms with Crippen LogP contribution < -0.4 is 5.32 Å². The Morgan fingerprint density at radius 2 is 1.95 bits per heavy atom. The monoisotopic (exact) mass is 263 g/mol. The van der Waals surface area contributed by atoms with Crippen LogP contribution in [0.15, 0.2) is 12.1 Å². The van der Waals surface area contributed by atoms with E-state index < -0.39 is 0 Å². The molecule has 0 atom stereocenters. The van der Waals surface area contributed by atoms with E-state index in [9.17, 15) is 4.79 Å². The molecule has 1 aliphatic rings. The molecule has 1 aromatic rings. The molecule has 0 saturated carbocycles. The number of ether oxygens (including phenoxy) is 2. The van der Waals surface area contributed by atoms with Crippen molar-refractivity contribution in [3.8, 4) is 0 Å². The first-order chi connectivity index (χ1) is 9.16. The summed E-state index contributed by atoms with van der Waals surface area (Å²) in [7, 11) is 0. The SMILES string of the molecule is CC(=O)Nc1cc2c(cc1C)COCCOCCC2. The lowest BCUT2D eigenvalue weighted by Gasteiger charge is -2.17. The van der Waals surface area contributed by atoms with Gasteiger partial charge in [-0.2, -0.15) is 0 Å². The Labute approximate surface area is 114 Å². The molecule has 0 unspecified atom stereocenters. The minimum absolute atomic E-state index is 0.0394. The maximum absolute atomic E-state index is 11.2. The van der Waals surface area contributed by atoms with Crippen molar-refractivity contribution >= 4 is 11.6 Å². The number of anilines is 1. The van der Waals surface area contributed by atoms with Gasteiger partial charge < -0.3 is 14.8 Å². The normalized spacial score (nSPS) is 16.5. The van der Waals surface area contributed by atoms with E-state index in [1.807, 2.05) is 6.92 Å². The third kappa shape index (κ3) is 4.04. The molecule has 1 heterocycles. The predicted molar refractivity (Wildman–Crippen MR) is 74.3 cm³/mol. The molecule has 0 aromatic heterocycles. The second-order valence-corrected chi connectivity index (χ2v) is 4.89. The molecule has 2 rings (SSSR count). The van der Waals surface area contributed by atoms with Crippen molar-refractivity contribution in [1.82, 2.24) is 0 Å². The average Bonchev–Trinajstić information content (AvgIpc) is 2.36. The molecule has 0 spiro atoms. The standard InChI is InChI=1S/C15H21NO3/c1-11-8-14-10-19-7-6-18-5-3-4-13(14)9-15(11)16-12(2)17/h8-9H,3-7,10H2,1-2H3,(H,16,17). The highest BCUT2D eigenvalue weighted by Gasteiger charge is 2.10. The van der Waals surface area contributed by atoms with Crippen molar-refractivity contribution < 1.29 is 14.3 Å².